The molecule has 0 radical (unpaired) electrons. The molecular formula is C6H9ClF3N3. The predicted octanol–water partition coefficient (Wildman–Crippen LogP) is 1.84. The molecule has 2 N–H and O–H groups in total. The summed E-state index contributed by atoms with van der Waals surface area (Å²) in [4.78, 5) is 0. The van der Waals surface area contributed by atoms with Crippen molar-refractivity contribution in [1.29, 1.82) is 0 Å². The van der Waals surface area contributed by atoms with E-state index in [0.29, 0.717) is 5.69 Å². The largest absolute Gasteiger partial charge is 0.396 e. The van der Waals surface area contributed by atoms with Crippen molar-refractivity contribution in [1.82, 2.24) is 9.78 Å². The van der Waals surface area contributed by atoms with E-state index in [1.165, 1.54) is 17.1 Å². The molecule has 0 saturated carbocycles. The Morgan fingerprint density at radius 2 is 2.08 bits per heavy atom. The van der Waals surface area contributed by atoms with Crippen LogP contribution in [0.1, 0.15) is 6.42 Å². The van der Waals surface area contributed by atoms with Gasteiger partial charge >= 0.3 is 6.18 Å². The van der Waals surface area contributed by atoms with E-state index < -0.39 is 12.6 Å². The van der Waals surface area contributed by atoms with Gasteiger partial charge in [0.2, 0.25) is 0 Å². The van der Waals surface area contributed by atoms with E-state index in [0.717, 1.165) is 0 Å². The summed E-state index contributed by atoms with van der Waals surface area (Å²) in [5.74, 6) is 0. The standard InChI is InChI=1S/C6H8F3N3.ClH/c7-6(8,9)1-2-12-4-5(10)3-11-12;/h3-4H,1-2,10H2;1H. The van der Waals surface area contributed by atoms with Crippen molar-refractivity contribution >= 4 is 18.1 Å². The number of nitrogens with two attached hydrogens (primary N) is 1. The van der Waals surface area contributed by atoms with Crippen molar-refractivity contribution in [3.63, 3.8) is 0 Å². The van der Waals surface area contributed by atoms with Crippen LogP contribution in [-0.2, 0) is 6.54 Å². The average molecular weight is 216 g/mol. The molecule has 0 aliphatic heterocycles. The highest BCUT2D eigenvalue weighted by Crippen LogP contribution is 2.20. The summed E-state index contributed by atoms with van der Waals surface area (Å²) in [7, 11) is 0. The number of halogens is 4. The highest BCUT2D eigenvalue weighted by Gasteiger charge is 2.26. The summed E-state index contributed by atoms with van der Waals surface area (Å²) in [5.41, 5.74) is 5.63. The minimum atomic E-state index is -4.14. The van der Waals surface area contributed by atoms with Gasteiger partial charge in [-0.05, 0) is 0 Å². The maximum absolute atomic E-state index is 11.7. The van der Waals surface area contributed by atoms with Crippen molar-refractivity contribution in [2.45, 2.75) is 19.1 Å². The molecule has 13 heavy (non-hydrogen) atoms. The first-order chi connectivity index (χ1) is 5.47. The van der Waals surface area contributed by atoms with Gasteiger partial charge in [0.25, 0.3) is 0 Å². The van der Waals surface area contributed by atoms with Gasteiger partial charge in [-0.15, -0.1) is 12.4 Å². The number of hydrogen-bond acceptors (Lipinski definition) is 2. The molecule has 0 saturated heterocycles. The molecule has 76 valence electrons. The Morgan fingerprint density at radius 3 is 2.46 bits per heavy atom. The zero-order valence-electron chi connectivity index (χ0n) is 6.58. The molecule has 0 unspecified atom stereocenters. The van der Waals surface area contributed by atoms with Crippen LogP contribution in [0.3, 0.4) is 0 Å². The van der Waals surface area contributed by atoms with Crippen molar-refractivity contribution in [3.05, 3.63) is 12.4 Å². The second-order valence-electron chi connectivity index (χ2n) is 2.40. The molecule has 0 amide bonds. The number of hydrogen-bond donors (Lipinski definition) is 1. The monoisotopic (exact) mass is 215 g/mol. The molecule has 0 fully saturated rings. The zero-order chi connectivity index (χ0) is 9.19. The summed E-state index contributed by atoms with van der Waals surface area (Å²) in [6.07, 6.45) is -2.34. The van der Waals surface area contributed by atoms with E-state index in [-0.39, 0.29) is 19.0 Å². The summed E-state index contributed by atoms with van der Waals surface area (Å²) >= 11 is 0. The van der Waals surface area contributed by atoms with E-state index in [9.17, 15) is 13.2 Å². The Labute approximate surface area is 79.1 Å². The third kappa shape index (κ3) is 4.62. The van der Waals surface area contributed by atoms with Crippen LogP contribution in [0.2, 0.25) is 0 Å². The third-order valence-electron chi connectivity index (χ3n) is 1.28. The van der Waals surface area contributed by atoms with Crippen molar-refractivity contribution in [2.24, 2.45) is 0 Å². The molecule has 0 spiro atoms. The summed E-state index contributed by atoms with van der Waals surface area (Å²) in [6, 6.07) is 0. The average Bonchev–Trinajstić information content (AvgIpc) is 2.30. The minimum absolute atomic E-state index is 0. The Balaban J connectivity index is 0.00000144. The molecule has 0 aliphatic carbocycles. The highest BCUT2D eigenvalue weighted by atomic mass is 35.5. The Morgan fingerprint density at radius 1 is 1.46 bits per heavy atom. The number of nitrogens with zero attached hydrogens (tertiary/aromatic N) is 2. The van der Waals surface area contributed by atoms with Gasteiger partial charge in [0.05, 0.1) is 18.3 Å². The minimum Gasteiger partial charge on any atom is -0.396 e. The predicted molar refractivity (Wildman–Crippen MR) is 44.6 cm³/mol. The quantitative estimate of drug-likeness (QED) is 0.818. The fourth-order valence-electron chi connectivity index (χ4n) is 0.743. The molecule has 1 heterocycles. The van der Waals surface area contributed by atoms with Crippen molar-refractivity contribution in [3.8, 4) is 0 Å². The number of nitrogen functional groups attached to an aromatic ring is 1. The van der Waals surface area contributed by atoms with Crippen LogP contribution >= 0.6 is 12.4 Å². The van der Waals surface area contributed by atoms with Gasteiger partial charge < -0.3 is 5.73 Å². The van der Waals surface area contributed by atoms with Crippen molar-refractivity contribution in [2.75, 3.05) is 5.73 Å². The van der Waals surface area contributed by atoms with Crippen LogP contribution in [0.25, 0.3) is 0 Å². The lowest BCUT2D eigenvalue weighted by atomic mass is 10.4. The molecule has 0 aromatic carbocycles. The topological polar surface area (TPSA) is 43.8 Å². The number of anilines is 1. The lowest BCUT2D eigenvalue weighted by Crippen LogP contribution is -2.12. The highest BCUT2D eigenvalue weighted by molar-refractivity contribution is 5.85. The van der Waals surface area contributed by atoms with Gasteiger partial charge in [-0.1, -0.05) is 0 Å². The first-order valence-corrected chi connectivity index (χ1v) is 3.32. The van der Waals surface area contributed by atoms with Gasteiger partial charge in [0, 0.05) is 12.7 Å². The van der Waals surface area contributed by atoms with E-state index in [1.807, 2.05) is 0 Å². The summed E-state index contributed by atoms with van der Waals surface area (Å²) in [5, 5.41) is 3.61. The number of alkyl halides is 3. The van der Waals surface area contributed by atoms with Crippen LogP contribution in [-0.4, -0.2) is 16.0 Å². The Kier molecular flexibility index (Phi) is 4.06. The Hall–Kier alpha value is -0.910. The molecule has 0 bridgehead atoms. The second-order valence-corrected chi connectivity index (χ2v) is 2.40. The Bertz CT molecular complexity index is 258. The van der Waals surface area contributed by atoms with Crippen LogP contribution in [0.5, 0.6) is 0 Å². The van der Waals surface area contributed by atoms with E-state index in [1.54, 1.807) is 0 Å². The maximum atomic E-state index is 11.7. The first-order valence-electron chi connectivity index (χ1n) is 3.32. The lowest BCUT2D eigenvalue weighted by molar-refractivity contribution is -0.137. The zero-order valence-corrected chi connectivity index (χ0v) is 7.40. The van der Waals surface area contributed by atoms with E-state index in [4.69, 9.17) is 5.73 Å². The van der Waals surface area contributed by atoms with Crippen molar-refractivity contribution < 1.29 is 13.2 Å². The number of aromatic nitrogens is 2. The molecule has 1 rings (SSSR count). The lowest BCUT2D eigenvalue weighted by Gasteiger charge is -2.04. The van der Waals surface area contributed by atoms with Gasteiger partial charge in [-0.3, -0.25) is 4.68 Å². The molecule has 1 aromatic rings. The van der Waals surface area contributed by atoms with Crippen LogP contribution < -0.4 is 5.73 Å². The first kappa shape index (κ1) is 12.1. The fraction of sp³-hybridized carbons (Fsp3) is 0.500. The second kappa shape index (κ2) is 4.36. The maximum Gasteiger partial charge on any atom is 0.390 e. The summed E-state index contributed by atoms with van der Waals surface area (Å²) < 4.78 is 36.2. The van der Waals surface area contributed by atoms with E-state index in [2.05, 4.69) is 5.10 Å². The van der Waals surface area contributed by atoms with Gasteiger partial charge in [0.15, 0.2) is 0 Å². The molecule has 1 aromatic heterocycles. The van der Waals surface area contributed by atoms with Crippen LogP contribution in [0, 0.1) is 0 Å². The summed E-state index contributed by atoms with van der Waals surface area (Å²) in [6.45, 7) is -0.180. The molecule has 7 heteroatoms. The molecule has 3 nitrogen and oxygen atoms in total. The molecule has 0 atom stereocenters. The SMILES string of the molecule is Cl.Nc1cnn(CCC(F)(F)F)c1. The smallest absolute Gasteiger partial charge is 0.390 e. The number of aryl methyl sites for hydroxylation is 1. The van der Waals surface area contributed by atoms with E-state index >= 15 is 0 Å². The number of rotatable bonds is 2. The third-order valence-corrected chi connectivity index (χ3v) is 1.28. The molecular weight excluding hydrogens is 207 g/mol. The fourth-order valence-corrected chi connectivity index (χ4v) is 0.743. The van der Waals surface area contributed by atoms with Gasteiger partial charge in [0.1, 0.15) is 0 Å². The normalized spacial score (nSPS) is 11.0. The van der Waals surface area contributed by atoms with Crippen LogP contribution in [0.15, 0.2) is 12.4 Å². The van der Waals surface area contributed by atoms with Gasteiger partial charge in [-0.25, -0.2) is 0 Å². The van der Waals surface area contributed by atoms with Gasteiger partial charge in [-0.2, -0.15) is 18.3 Å². The molecule has 0 aliphatic rings. The van der Waals surface area contributed by atoms with Crippen LogP contribution in [0.4, 0.5) is 18.9 Å².